The summed E-state index contributed by atoms with van der Waals surface area (Å²) in [5.74, 6) is 0.477. The van der Waals surface area contributed by atoms with Crippen molar-refractivity contribution in [3.63, 3.8) is 0 Å². The largest absolute Gasteiger partial charge is 0.491 e. The summed E-state index contributed by atoms with van der Waals surface area (Å²) in [4.78, 5) is 48.2. The highest BCUT2D eigenvalue weighted by Gasteiger charge is 2.27. The summed E-state index contributed by atoms with van der Waals surface area (Å²) in [7, 11) is 0. The first-order chi connectivity index (χ1) is 15.0. The first-order valence-electron chi connectivity index (χ1n) is 9.94. The number of hydrogen-bond donors (Lipinski definition) is 1. The summed E-state index contributed by atoms with van der Waals surface area (Å²) in [6, 6.07) is 12.0. The van der Waals surface area contributed by atoms with Gasteiger partial charge in [0.05, 0.1) is 36.2 Å². The van der Waals surface area contributed by atoms with Gasteiger partial charge in [-0.2, -0.15) is 0 Å². The molecule has 2 aromatic carbocycles. The summed E-state index contributed by atoms with van der Waals surface area (Å²) in [5.41, 5.74) is 0.735. The molecule has 0 bridgehead atoms. The van der Waals surface area contributed by atoms with Crippen LogP contribution in [0.4, 0.5) is 5.69 Å². The van der Waals surface area contributed by atoms with Gasteiger partial charge in [0.15, 0.2) is 0 Å². The van der Waals surface area contributed by atoms with E-state index in [1.165, 1.54) is 9.80 Å². The average Bonchev–Trinajstić information content (AvgIpc) is 2.90. The first kappa shape index (κ1) is 20.9. The lowest BCUT2D eigenvalue weighted by Gasteiger charge is -2.26. The number of halogens is 1. The summed E-state index contributed by atoms with van der Waals surface area (Å²) < 4.78 is 5.63. The van der Waals surface area contributed by atoms with Gasteiger partial charge in [-0.3, -0.25) is 19.3 Å². The molecule has 0 spiro atoms. The first-order valence-corrected chi connectivity index (χ1v) is 10.3. The lowest BCUT2D eigenvalue weighted by atomic mass is 10.2. The Kier molecular flexibility index (Phi) is 5.90. The number of anilines is 1. The molecule has 1 aliphatic rings. The minimum absolute atomic E-state index is 0.104. The zero-order chi connectivity index (χ0) is 22.0. The van der Waals surface area contributed by atoms with Crippen molar-refractivity contribution in [2.45, 2.75) is 19.9 Å². The van der Waals surface area contributed by atoms with Crippen molar-refractivity contribution in [2.75, 3.05) is 24.6 Å². The second kappa shape index (κ2) is 8.77. The predicted molar refractivity (Wildman–Crippen MR) is 117 cm³/mol. The Morgan fingerprint density at radius 3 is 2.87 bits per heavy atom. The minimum atomic E-state index is -0.297. The van der Waals surface area contributed by atoms with Crippen molar-refractivity contribution in [1.82, 2.24) is 14.9 Å². The number of likely N-dealkylation sites (N-methyl/N-ethyl adjacent to an activating group) is 1. The number of benzene rings is 2. The molecular weight excluding hydrogens is 420 g/mol. The standard InChI is InChI=1S/C22H21ClN4O4/c1-2-26(12-19-24-16-11-14(23)7-8-15(16)22(30)25-19)21(29)13-27-17-5-3-4-6-18(17)31-10-9-20(27)28/h3-8,11H,2,9-10,12-13H2,1H3,(H,24,25,30). The maximum absolute atomic E-state index is 13.1. The lowest BCUT2D eigenvalue weighted by Crippen LogP contribution is -2.43. The molecule has 4 rings (SSSR count). The molecule has 2 heterocycles. The highest BCUT2D eigenvalue weighted by molar-refractivity contribution is 6.31. The van der Waals surface area contributed by atoms with Crippen LogP contribution < -0.4 is 15.2 Å². The van der Waals surface area contributed by atoms with Crippen LogP contribution in [0.1, 0.15) is 19.2 Å². The molecule has 2 amide bonds. The number of carbonyl (C=O) groups is 2. The Hall–Kier alpha value is -3.39. The van der Waals surface area contributed by atoms with Crippen LogP contribution in [-0.4, -0.2) is 46.4 Å². The number of rotatable bonds is 5. The van der Waals surface area contributed by atoms with Gasteiger partial charge in [-0.1, -0.05) is 23.7 Å². The van der Waals surface area contributed by atoms with Gasteiger partial charge in [0.25, 0.3) is 5.56 Å². The third-order valence-corrected chi connectivity index (χ3v) is 5.35. The van der Waals surface area contributed by atoms with Crippen LogP contribution in [0, 0.1) is 0 Å². The van der Waals surface area contributed by atoms with Crippen molar-refractivity contribution < 1.29 is 14.3 Å². The topological polar surface area (TPSA) is 95.6 Å². The van der Waals surface area contributed by atoms with E-state index in [1.807, 2.05) is 13.0 Å². The van der Waals surface area contributed by atoms with Crippen molar-refractivity contribution in [3.05, 3.63) is 63.7 Å². The van der Waals surface area contributed by atoms with Gasteiger partial charge >= 0.3 is 0 Å². The zero-order valence-electron chi connectivity index (χ0n) is 16.9. The SMILES string of the molecule is CCN(Cc1nc2cc(Cl)ccc2c(=O)[nH]1)C(=O)CN1C(=O)CCOc2ccccc21. The molecule has 8 nitrogen and oxygen atoms in total. The average molecular weight is 441 g/mol. The van der Waals surface area contributed by atoms with E-state index in [-0.39, 0.29) is 43.5 Å². The van der Waals surface area contributed by atoms with Crippen LogP contribution in [0.25, 0.3) is 10.9 Å². The van der Waals surface area contributed by atoms with Crippen molar-refractivity contribution in [2.24, 2.45) is 0 Å². The quantitative estimate of drug-likeness (QED) is 0.658. The van der Waals surface area contributed by atoms with E-state index in [9.17, 15) is 14.4 Å². The van der Waals surface area contributed by atoms with Gasteiger partial charge in [0, 0.05) is 11.6 Å². The highest BCUT2D eigenvalue weighted by atomic mass is 35.5. The molecule has 160 valence electrons. The molecule has 1 aliphatic heterocycles. The number of amides is 2. The highest BCUT2D eigenvalue weighted by Crippen LogP contribution is 2.31. The fourth-order valence-corrected chi connectivity index (χ4v) is 3.69. The van der Waals surface area contributed by atoms with Crippen LogP contribution in [0.3, 0.4) is 0 Å². The van der Waals surface area contributed by atoms with Crippen LogP contribution in [0.2, 0.25) is 5.02 Å². The van der Waals surface area contributed by atoms with Crippen LogP contribution in [0.15, 0.2) is 47.3 Å². The Bertz CT molecular complexity index is 1210. The summed E-state index contributed by atoms with van der Waals surface area (Å²) in [5, 5.41) is 0.898. The lowest BCUT2D eigenvalue weighted by molar-refractivity contribution is -0.131. The molecule has 0 saturated carbocycles. The van der Waals surface area contributed by atoms with E-state index in [4.69, 9.17) is 16.3 Å². The maximum atomic E-state index is 13.1. The summed E-state index contributed by atoms with van der Waals surface area (Å²) in [6.07, 6.45) is 0.189. The van der Waals surface area contributed by atoms with Crippen LogP contribution in [-0.2, 0) is 16.1 Å². The van der Waals surface area contributed by atoms with E-state index in [0.29, 0.717) is 39.7 Å². The molecule has 0 radical (unpaired) electrons. The molecule has 0 unspecified atom stereocenters. The molecule has 0 fully saturated rings. The van der Waals surface area contributed by atoms with Gasteiger partial charge in [-0.05, 0) is 37.3 Å². The Morgan fingerprint density at radius 1 is 1.26 bits per heavy atom. The van der Waals surface area contributed by atoms with Crippen molar-refractivity contribution in [1.29, 1.82) is 0 Å². The monoisotopic (exact) mass is 440 g/mol. The molecule has 3 aromatic rings. The Morgan fingerprint density at radius 2 is 2.06 bits per heavy atom. The normalized spacial score (nSPS) is 13.5. The molecule has 9 heteroatoms. The number of H-pyrrole nitrogens is 1. The number of aromatic amines is 1. The van der Waals surface area contributed by atoms with Crippen molar-refractivity contribution >= 4 is 40.0 Å². The van der Waals surface area contributed by atoms with Gasteiger partial charge in [0.1, 0.15) is 18.1 Å². The number of hydrogen-bond acceptors (Lipinski definition) is 5. The van der Waals surface area contributed by atoms with E-state index < -0.39 is 0 Å². The zero-order valence-corrected chi connectivity index (χ0v) is 17.7. The Labute approximate surface area is 183 Å². The van der Waals surface area contributed by atoms with Gasteiger partial charge < -0.3 is 14.6 Å². The van der Waals surface area contributed by atoms with Gasteiger partial charge in [-0.15, -0.1) is 0 Å². The predicted octanol–water partition coefficient (Wildman–Crippen LogP) is 2.74. The molecule has 0 atom stereocenters. The molecule has 31 heavy (non-hydrogen) atoms. The number of fused-ring (bicyclic) bond motifs is 2. The number of ether oxygens (including phenoxy) is 1. The third-order valence-electron chi connectivity index (χ3n) is 5.12. The summed E-state index contributed by atoms with van der Waals surface area (Å²) >= 11 is 6.02. The smallest absolute Gasteiger partial charge is 0.258 e. The number of nitrogens with one attached hydrogen (secondary N) is 1. The molecule has 0 saturated heterocycles. The van der Waals surface area contributed by atoms with E-state index in [0.717, 1.165) is 0 Å². The van der Waals surface area contributed by atoms with E-state index in [2.05, 4.69) is 9.97 Å². The number of para-hydroxylation sites is 2. The molecule has 0 aliphatic carbocycles. The number of nitrogens with zero attached hydrogens (tertiary/aromatic N) is 3. The fraction of sp³-hybridized carbons (Fsp3) is 0.273. The fourth-order valence-electron chi connectivity index (χ4n) is 3.52. The second-order valence-corrected chi connectivity index (χ2v) is 7.56. The second-order valence-electron chi connectivity index (χ2n) is 7.13. The Balaban J connectivity index is 1.57. The van der Waals surface area contributed by atoms with E-state index in [1.54, 1.807) is 36.4 Å². The number of aromatic nitrogens is 2. The van der Waals surface area contributed by atoms with Crippen LogP contribution >= 0.6 is 11.6 Å². The van der Waals surface area contributed by atoms with Crippen LogP contribution in [0.5, 0.6) is 5.75 Å². The minimum Gasteiger partial charge on any atom is -0.491 e. The van der Waals surface area contributed by atoms with E-state index >= 15 is 0 Å². The molecule has 1 N–H and O–H groups in total. The van der Waals surface area contributed by atoms with Gasteiger partial charge in [-0.25, -0.2) is 4.98 Å². The molecule has 1 aromatic heterocycles. The van der Waals surface area contributed by atoms with Gasteiger partial charge in [0.2, 0.25) is 11.8 Å². The molecular formula is C22H21ClN4O4. The van der Waals surface area contributed by atoms with Crippen molar-refractivity contribution in [3.8, 4) is 5.75 Å². The number of carbonyl (C=O) groups excluding carboxylic acids is 2. The summed E-state index contributed by atoms with van der Waals surface area (Å²) in [6.45, 7) is 2.46. The maximum Gasteiger partial charge on any atom is 0.258 e. The third kappa shape index (κ3) is 4.39.